The zero-order valence-electron chi connectivity index (χ0n) is 16.9. The first-order chi connectivity index (χ1) is 14.1. The normalized spacial score (nSPS) is 11.1. The topological polar surface area (TPSA) is 125 Å². The summed E-state index contributed by atoms with van der Waals surface area (Å²) >= 11 is 0. The van der Waals surface area contributed by atoms with Gasteiger partial charge in [0.2, 0.25) is 0 Å². The van der Waals surface area contributed by atoms with Crippen LogP contribution in [-0.4, -0.2) is 46.2 Å². The summed E-state index contributed by atoms with van der Waals surface area (Å²) in [7, 11) is -1.61. The van der Waals surface area contributed by atoms with Crippen LogP contribution in [0, 0.1) is 10.1 Å². The number of carbonyl (C=O) groups is 1. The molecule has 2 aromatic rings. The summed E-state index contributed by atoms with van der Waals surface area (Å²) in [5.74, 6) is -0.259. The Morgan fingerprint density at radius 2 is 1.83 bits per heavy atom. The SMILES string of the molecule is COc1ccc(N(CC(=O)OC(C)C)S(=O)(=O)c2cccc([N+](=O)[O-])c2)c(OC)c1. The molecule has 2 rings (SSSR count). The standard InChI is InChI=1S/C19H22N2O8S/c1-13(2)29-19(22)12-20(17-9-8-15(27-3)11-18(17)28-4)30(25,26)16-7-5-6-14(10-16)21(23)24/h5-11,13H,12H2,1-4H3. The molecule has 0 aromatic heterocycles. The molecule has 0 spiro atoms. The summed E-state index contributed by atoms with van der Waals surface area (Å²) in [6.07, 6.45) is -0.461. The third kappa shape index (κ3) is 5.17. The van der Waals surface area contributed by atoms with E-state index in [-0.39, 0.29) is 16.3 Å². The summed E-state index contributed by atoms with van der Waals surface area (Å²) < 4.78 is 43.0. The molecule has 11 heteroatoms. The molecule has 0 saturated heterocycles. The van der Waals surface area contributed by atoms with E-state index in [1.54, 1.807) is 13.8 Å². The molecule has 162 valence electrons. The van der Waals surface area contributed by atoms with Gasteiger partial charge in [0.25, 0.3) is 15.7 Å². The molecule has 0 unspecified atom stereocenters. The van der Waals surface area contributed by atoms with Crippen molar-refractivity contribution in [1.82, 2.24) is 0 Å². The lowest BCUT2D eigenvalue weighted by molar-refractivity contribution is -0.385. The summed E-state index contributed by atoms with van der Waals surface area (Å²) in [6.45, 7) is 2.60. The number of benzene rings is 2. The molecule has 10 nitrogen and oxygen atoms in total. The fourth-order valence-corrected chi connectivity index (χ4v) is 4.05. The Kier molecular flexibility index (Phi) is 7.22. The number of non-ortho nitro benzene ring substituents is 1. The van der Waals surface area contributed by atoms with Crippen LogP contribution < -0.4 is 13.8 Å². The molecule has 0 heterocycles. The summed E-state index contributed by atoms with van der Waals surface area (Å²) in [5, 5.41) is 11.1. The van der Waals surface area contributed by atoms with Crippen LogP contribution >= 0.6 is 0 Å². The average Bonchev–Trinajstić information content (AvgIpc) is 2.71. The van der Waals surface area contributed by atoms with Gasteiger partial charge in [-0.3, -0.25) is 19.2 Å². The van der Waals surface area contributed by atoms with Crippen LogP contribution in [0.5, 0.6) is 11.5 Å². The van der Waals surface area contributed by atoms with E-state index >= 15 is 0 Å². The van der Waals surface area contributed by atoms with Crippen LogP contribution in [0.2, 0.25) is 0 Å². The van der Waals surface area contributed by atoms with Gasteiger partial charge in [-0.1, -0.05) is 6.07 Å². The monoisotopic (exact) mass is 438 g/mol. The highest BCUT2D eigenvalue weighted by molar-refractivity contribution is 7.92. The molecule has 0 atom stereocenters. The Bertz CT molecular complexity index is 1040. The van der Waals surface area contributed by atoms with Gasteiger partial charge >= 0.3 is 5.97 Å². The summed E-state index contributed by atoms with van der Waals surface area (Å²) in [6, 6.07) is 8.92. The number of rotatable bonds is 9. The number of nitro benzene ring substituents is 1. The first-order valence-corrected chi connectivity index (χ1v) is 10.2. The maximum absolute atomic E-state index is 13.4. The minimum Gasteiger partial charge on any atom is -0.497 e. The maximum Gasteiger partial charge on any atom is 0.327 e. The van der Waals surface area contributed by atoms with Gasteiger partial charge in [-0.15, -0.1) is 0 Å². The molecule has 0 N–H and O–H groups in total. The Morgan fingerprint density at radius 3 is 2.40 bits per heavy atom. The third-order valence-electron chi connectivity index (χ3n) is 3.91. The number of hydrogen-bond acceptors (Lipinski definition) is 8. The number of esters is 1. The second kappa shape index (κ2) is 9.44. The highest BCUT2D eigenvalue weighted by Crippen LogP contribution is 2.36. The van der Waals surface area contributed by atoms with E-state index in [4.69, 9.17) is 14.2 Å². The maximum atomic E-state index is 13.4. The molecular formula is C19H22N2O8S. The third-order valence-corrected chi connectivity index (χ3v) is 5.67. The zero-order valence-corrected chi connectivity index (χ0v) is 17.7. The van der Waals surface area contributed by atoms with Crippen LogP contribution in [0.15, 0.2) is 47.4 Å². The number of nitrogens with zero attached hydrogens (tertiary/aromatic N) is 2. The fourth-order valence-electron chi connectivity index (χ4n) is 2.59. The van der Waals surface area contributed by atoms with Crippen LogP contribution in [-0.2, 0) is 19.6 Å². The zero-order chi connectivity index (χ0) is 22.5. The first kappa shape index (κ1) is 22.9. The van der Waals surface area contributed by atoms with E-state index in [0.29, 0.717) is 5.75 Å². The van der Waals surface area contributed by atoms with Crippen LogP contribution in [0.1, 0.15) is 13.8 Å². The van der Waals surface area contributed by atoms with Crippen LogP contribution in [0.25, 0.3) is 0 Å². The Hall–Kier alpha value is -3.34. The molecule has 0 saturated carbocycles. The van der Waals surface area contributed by atoms with Gasteiger partial charge in [0.1, 0.15) is 18.0 Å². The van der Waals surface area contributed by atoms with Crippen LogP contribution in [0.4, 0.5) is 11.4 Å². The van der Waals surface area contributed by atoms with Gasteiger partial charge in [-0.2, -0.15) is 0 Å². The van der Waals surface area contributed by atoms with Crippen molar-refractivity contribution in [2.45, 2.75) is 24.8 Å². The Balaban J connectivity index is 2.62. The van der Waals surface area contributed by atoms with E-state index in [1.165, 1.54) is 50.6 Å². The van der Waals surface area contributed by atoms with E-state index < -0.39 is 39.3 Å². The van der Waals surface area contributed by atoms with E-state index in [9.17, 15) is 23.3 Å². The molecule has 0 radical (unpaired) electrons. The number of hydrogen-bond donors (Lipinski definition) is 0. The quantitative estimate of drug-likeness (QED) is 0.332. The molecular weight excluding hydrogens is 416 g/mol. The average molecular weight is 438 g/mol. The minimum absolute atomic E-state index is 0.0468. The van der Waals surface area contributed by atoms with E-state index in [1.807, 2.05) is 0 Å². The van der Waals surface area contributed by atoms with Crippen molar-refractivity contribution in [3.8, 4) is 11.5 Å². The van der Waals surface area contributed by atoms with Crippen molar-refractivity contribution in [3.05, 3.63) is 52.6 Å². The number of sulfonamides is 1. The van der Waals surface area contributed by atoms with Crippen molar-refractivity contribution in [1.29, 1.82) is 0 Å². The van der Waals surface area contributed by atoms with Gasteiger partial charge in [0, 0.05) is 18.2 Å². The minimum atomic E-state index is -4.39. The lowest BCUT2D eigenvalue weighted by Crippen LogP contribution is -2.37. The Morgan fingerprint density at radius 1 is 1.13 bits per heavy atom. The lowest BCUT2D eigenvalue weighted by atomic mass is 10.2. The van der Waals surface area contributed by atoms with Gasteiger partial charge in [0.15, 0.2) is 0 Å². The molecule has 0 fully saturated rings. The smallest absolute Gasteiger partial charge is 0.327 e. The number of nitro groups is 1. The molecule has 0 amide bonds. The second-order valence-electron chi connectivity index (χ2n) is 6.34. The molecule has 0 aliphatic rings. The first-order valence-electron chi connectivity index (χ1n) is 8.78. The molecule has 0 aliphatic heterocycles. The lowest BCUT2D eigenvalue weighted by Gasteiger charge is -2.26. The van der Waals surface area contributed by atoms with Crippen molar-refractivity contribution in [3.63, 3.8) is 0 Å². The van der Waals surface area contributed by atoms with E-state index in [2.05, 4.69) is 0 Å². The van der Waals surface area contributed by atoms with Gasteiger partial charge < -0.3 is 14.2 Å². The van der Waals surface area contributed by atoms with Gasteiger partial charge in [0.05, 0.1) is 35.8 Å². The van der Waals surface area contributed by atoms with Gasteiger partial charge in [-0.05, 0) is 32.0 Å². The number of methoxy groups -OCH3 is 2. The second-order valence-corrected chi connectivity index (χ2v) is 8.20. The van der Waals surface area contributed by atoms with Crippen molar-refractivity contribution in [2.75, 3.05) is 25.1 Å². The molecule has 30 heavy (non-hydrogen) atoms. The number of ether oxygens (including phenoxy) is 3. The fraction of sp³-hybridized carbons (Fsp3) is 0.316. The van der Waals surface area contributed by atoms with Crippen molar-refractivity contribution < 1.29 is 32.3 Å². The molecule has 2 aromatic carbocycles. The van der Waals surface area contributed by atoms with Crippen LogP contribution in [0.3, 0.4) is 0 Å². The highest BCUT2D eigenvalue weighted by atomic mass is 32.2. The summed E-state index contributed by atoms with van der Waals surface area (Å²) in [5.41, 5.74) is -0.354. The highest BCUT2D eigenvalue weighted by Gasteiger charge is 2.31. The Labute approximate surface area is 174 Å². The number of anilines is 1. The predicted octanol–water partition coefficient (Wildman–Crippen LogP) is 2.76. The number of carbonyl (C=O) groups excluding carboxylic acids is 1. The van der Waals surface area contributed by atoms with Gasteiger partial charge in [-0.25, -0.2) is 8.42 Å². The van der Waals surface area contributed by atoms with E-state index in [0.717, 1.165) is 10.4 Å². The largest absolute Gasteiger partial charge is 0.497 e. The van der Waals surface area contributed by atoms with Crippen molar-refractivity contribution >= 4 is 27.4 Å². The molecule has 0 bridgehead atoms. The summed E-state index contributed by atoms with van der Waals surface area (Å²) in [4.78, 5) is 22.3. The predicted molar refractivity (Wildman–Crippen MR) is 108 cm³/mol. The molecule has 0 aliphatic carbocycles. The van der Waals surface area contributed by atoms with Crippen molar-refractivity contribution in [2.24, 2.45) is 0 Å².